The van der Waals surface area contributed by atoms with Gasteiger partial charge in [-0.1, -0.05) is 30.2 Å². The molecule has 0 saturated heterocycles. The first-order valence-electron chi connectivity index (χ1n) is 3.60. The van der Waals surface area contributed by atoms with Crippen LogP contribution in [-0.4, -0.2) is 0 Å². The molecule has 0 aromatic rings. The van der Waals surface area contributed by atoms with Crippen molar-refractivity contribution in [2.24, 2.45) is 0 Å². The van der Waals surface area contributed by atoms with Crippen molar-refractivity contribution in [2.75, 3.05) is 0 Å². The van der Waals surface area contributed by atoms with Gasteiger partial charge in [-0.15, -0.1) is 0 Å². The van der Waals surface area contributed by atoms with Crippen LogP contribution in [0, 0.1) is 5.92 Å². The summed E-state index contributed by atoms with van der Waals surface area (Å²) in [6.45, 7) is 14.4. The van der Waals surface area contributed by atoms with Gasteiger partial charge in [-0.3, -0.25) is 0 Å². The summed E-state index contributed by atoms with van der Waals surface area (Å²) < 4.78 is 0. The minimum Gasteiger partial charge on any atom is -0.0992 e. The Labute approximate surface area is 64.6 Å². The lowest BCUT2D eigenvalue weighted by atomic mass is 9.93. The lowest BCUT2D eigenvalue weighted by Gasteiger charge is -2.12. The van der Waals surface area contributed by atoms with Crippen molar-refractivity contribution in [2.45, 2.75) is 34.6 Å². The normalized spacial score (nSPS) is 9.80. The second-order valence-electron chi connectivity index (χ2n) is 3.03. The molecule has 0 saturated carbocycles. The fraction of sp³-hybridized carbons (Fsp3) is 0.500. The summed E-state index contributed by atoms with van der Waals surface area (Å²) in [5.41, 5.74) is 3.91. The molecule has 0 aliphatic heterocycles. The quantitative estimate of drug-likeness (QED) is 0.546. The number of hydrogen-bond donors (Lipinski definition) is 0. The molecule has 0 bridgehead atoms. The third kappa shape index (κ3) is 2.38. The summed E-state index contributed by atoms with van der Waals surface area (Å²) in [7, 11) is 0. The SMILES string of the molecule is C=C(C)[C](C)C(C)=C(C)C. The van der Waals surface area contributed by atoms with Gasteiger partial charge < -0.3 is 0 Å². The van der Waals surface area contributed by atoms with Gasteiger partial charge in [0.1, 0.15) is 0 Å². The summed E-state index contributed by atoms with van der Waals surface area (Å²) in [5, 5.41) is 0. The van der Waals surface area contributed by atoms with E-state index in [1.54, 1.807) is 0 Å². The van der Waals surface area contributed by atoms with E-state index in [2.05, 4.69) is 34.3 Å². The Balaban J connectivity index is 4.37. The molecule has 0 nitrogen and oxygen atoms in total. The zero-order chi connectivity index (χ0) is 8.31. The van der Waals surface area contributed by atoms with Gasteiger partial charge in [0, 0.05) is 5.92 Å². The van der Waals surface area contributed by atoms with Gasteiger partial charge in [0.25, 0.3) is 0 Å². The van der Waals surface area contributed by atoms with E-state index in [0.717, 1.165) is 0 Å². The second-order valence-corrected chi connectivity index (χ2v) is 3.03. The van der Waals surface area contributed by atoms with E-state index in [9.17, 15) is 0 Å². The van der Waals surface area contributed by atoms with E-state index in [0.29, 0.717) is 0 Å². The van der Waals surface area contributed by atoms with Crippen LogP contribution in [0.5, 0.6) is 0 Å². The minimum atomic E-state index is 1.17. The number of allylic oxidation sites excluding steroid dienone is 3. The van der Waals surface area contributed by atoms with Crippen LogP contribution in [0.25, 0.3) is 0 Å². The minimum absolute atomic E-state index is 1.17. The van der Waals surface area contributed by atoms with Crippen LogP contribution >= 0.6 is 0 Å². The van der Waals surface area contributed by atoms with E-state index in [-0.39, 0.29) is 0 Å². The fourth-order valence-corrected chi connectivity index (χ4v) is 0.695. The molecule has 10 heavy (non-hydrogen) atoms. The molecule has 0 rings (SSSR count). The second kappa shape index (κ2) is 3.60. The molecule has 0 aromatic carbocycles. The predicted molar refractivity (Wildman–Crippen MR) is 47.8 cm³/mol. The Hall–Kier alpha value is -0.520. The highest BCUT2D eigenvalue weighted by Gasteiger charge is 2.05. The summed E-state index contributed by atoms with van der Waals surface area (Å²) in [4.78, 5) is 0. The highest BCUT2D eigenvalue weighted by atomic mass is 14.1. The summed E-state index contributed by atoms with van der Waals surface area (Å²) >= 11 is 0. The molecule has 0 aromatic heterocycles. The van der Waals surface area contributed by atoms with Crippen LogP contribution in [0.2, 0.25) is 0 Å². The van der Waals surface area contributed by atoms with E-state index in [1.807, 2.05) is 6.92 Å². The molecule has 0 heterocycles. The average molecular weight is 137 g/mol. The maximum atomic E-state index is 3.89. The van der Waals surface area contributed by atoms with Crippen LogP contribution in [0.1, 0.15) is 34.6 Å². The third-order valence-electron chi connectivity index (χ3n) is 1.95. The zero-order valence-corrected chi connectivity index (χ0v) is 7.71. The van der Waals surface area contributed by atoms with Gasteiger partial charge in [-0.2, -0.15) is 0 Å². The van der Waals surface area contributed by atoms with Crippen LogP contribution in [-0.2, 0) is 0 Å². The van der Waals surface area contributed by atoms with Crippen LogP contribution in [0.3, 0.4) is 0 Å². The molecule has 0 fully saturated rings. The average Bonchev–Trinajstić information content (AvgIpc) is 1.84. The summed E-state index contributed by atoms with van der Waals surface area (Å²) in [6, 6.07) is 0. The van der Waals surface area contributed by atoms with Gasteiger partial charge in [0.2, 0.25) is 0 Å². The Morgan fingerprint density at radius 3 is 1.40 bits per heavy atom. The van der Waals surface area contributed by atoms with E-state index >= 15 is 0 Å². The van der Waals surface area contributed by atoms with Crippen molar-refractivity contribution in [3.05, 3.63) is 29.2 Å². The Morgan fingerprint density at radius 1 is 0.900 bits per heavy atom. The molecule has 0 unspecified atom stereocenters. The molecule has 0 aliphatic carbocycles. The van der Waals surface area contributed by atoms with E-state index in [4.69, 9.17) is 0 Å². The smallest absolute Gasteiger partial charge is 0.0214 e. The molecule has 0 N–H and O–H groups in total. The topological polar surface area (TPSA) is 0 Å². The molecule has 0 heteroatoms. The summed E-state index contributed by atoms with van der Waals surface area (Å²) in [5.74, 6) is 1.32. The van der Waals surface area contributed by atoms with Crippen molar-refractivity contribution in [3.63, 3.8) is 0 Å². The lowest BCUT2D eigenvalue weighted by molar-refractivity contribution is 1.08. The van der Waals surface area contributed by atoms with Gasteiger partial charge in [-0.25, -0.2) is 0 Å². The zero-order valence-electron chi connectivity index (χ0n) is 7.71. The fourth-order valence-electron chi connectivity index (χ4n) is 0.695. The van der Waals surface area contributed by atoms with Crippen LogP contribution in [0.4, 0.5) is 0 Å². The third-order valence-corrected chi connectivity index (χ3v) is 1.95. The molecule has 57 valence electrons. The van der Waals surface area contributed by atoms with Crippen molar-refractivity contribution in [1.29, 1.82) is 0 Å². The predicted octanol–water partition coefficient (Wildman–Crippen LogP) is 3.51. The molecule has 0 aliphatic rings. The number of hydrogen-bond acceptors (Lipinski definition) is 0. The van der Waals surface area contributed by atoms with Gasteiger partial charge in [0.15, 0.2) is 0 Å². The first-order valence-corrected chi connectivity index (χ1v) is 3.60. The largest absolute Gasteiger partial charge is 0.0992 e. The monoisotopic (exact) mass is 137 g/mol. The van der Waals surface area contributed by atoms with Gasteiger partial charge in [-0.05, 0) is 27.7 Å². The Morgan fingerprint density at radius 2 is 1.30 bits per heavy atom. The molecular formula is C10H17. The van der Waals surface area contributed by atoms with Crippen molar-refractivity contribution in [3.8, 4) is 0 Å². The maximum Gasteiger partial charge on any atom is 0.0214 e. The molecule has 0 amide bonds. The van der Waals surface area contributed by atoms with E-state index < -0.39 is 0 Å². The summed E-state index contributed by atoms with van der Waals surface area (Å²) in [6.07, 6.45) is 0. The molecular weight excluding hydrogens is 120 g/mol. The highest BCUT2D eigenvalue weighted by molar-refractivity contribution is 5.36. The van der Waals surface area contributed by atoms with E-state index in [1.165, 1.54) is 22.6 Å². The maximum absolute atomic E-state index is 3.89. The van der Waals surface area contributed by atoms with Crippen molar-refractivity contribution in [1.82, 2.24) is 0 Å². The van der Waals surface area contributed by atoms with Crippen LogP contribution in [0.15, 0.2) is 23.3 Å². The van der Waals surface area contributed by atoms with Crippen molar-refractivity contribution < 1.29 is 0 Å². The first-order chi connectivity index (χ1) is 4.46. The van der Waals surface area contributed by atoms with Gasteiger partial charge in [0.05, 0.1) is 0 Å². The first kappa shape index (κ1) is 9.48. The Kier molecular flexibility index (Phi) is 3.41. The molecule has 0 spiro atoms. The van der Waals surface area contributed by atoms with Crippen LogP contribution < -0.4 is 0 Å². The highest BCUT2D eigenvalue weighted by Crippen LogP contribution is 2.22. The van der Waals surface area contributed by atoms with Gasteiger partial charge >= 0.3 is 0 Å². The molecule has 0 atom stereocenters. The number of rotatable bonds is 2. The standard InChI is InChI=1S/C10H17/c1-7(2)9(5)10(6)8(3)4/h1H2,2-6H3. The van der Waals surface area contributed by atoms with Crippen molar-refractivity contribution >= 4 is 0 Å². The molecule has 1 radical (unpaired) electrons. The Bertz CT molecular complexity index is 157. The lowest BCUT2D eigenvalue weighted by Crippen LogP contribution is -1.95.